The van der Waals surface area contributed by atoms with Crippen molar-refractivity contribution in [1.82, 2.24) is 4.90 Å². The Morgan fingerprint density at radius 3 is 2.56 bits per heavy atom. The number of nitro benzene ring substituents is 1. The van der Waals surface area contributed by atoms with Crippen molar-refractivity contribution in [1.29, 1.82) is 0 Å². The van der Waals surface area contributed by atoms with Crippen LogP contribution in [0, 0.1) is 28.9 Å². The van der Waals surface area contributed by atoms with E-state index < -0.39 is 28.2 Å². The molecular formula is C25H24N4O5. The van der Waals surface area contributed by atoms with Gasteiger partial charge in [0.15, 0.2) is 0 Å². The van der Waals surface area contributed by atoms with Gasteiger partial charge in [0.25, 0.3) is 11.6 Å². The zero-order valence-corrected chi connectivity index (χ0v) is 18.9. The van der Waals surface area contributed by atoms with Crippen molar-refractivity contribution in [3.63, 3.8) is 0 Å². The Bertz CT molecular complexity index is 1290. The second-order valence-corrected chi connectivity index (χ2v) is 9.48. The second kappa shape index (κ2) is 6.96. The van der Waals surface area contributed by atoms with Crippen LogP contribution < -0.4 is 9.80 Å². The summed E-state index contributed by atoms with van der Waals surface area (Å²) in [5.41, 5.74) is 1.12. The Balaban J connectivity index is 1.54. The second-order valence-electron chi connectivity index (χ2n) is 9.48. The molecule has 3 amide bonds. The lowest BCUT2D eigenvalue weighted by atomic mass is 9.75. The van der Waals surface area contributed by atoms with E-state index in [1.54, 1.807) is 11.8 Å². The number of aryl methyl sites for hydroxylation is 1. The van der Waals surface area contributed by atoms with E-state index in [2.05, 4.69) is 4.90 Å². The fraction of sp³-hybridized carbons (Fsp3) is 0.400. The molecule has 4 atom stereocenters. The van der Waals surface area contributed by atoms with Gasteiger partial charge in [-0.25, -0.2) is 4.90 Å². The summed E-state index contributed by atoms with van der Waals surface area (Å²) in [7, 11) is 0. The topological polar surface area (TPSA) is 104 Å². The Labute approximate surface area is 196 Å². The highest BCUT2D eigenvalue weighted by Crippen LogP contribution is 2.61. The summed E-state index contributed by atoms with van der Waals surface area (Å²) in [6.07, 6.45) is 1.60. The van der Waals surface area contributed by atoms with E-state index >= 15 is 0 Å². The number of benzene rings is 2. The van der Waals surface area contributed by atoms with Gasteiger partial charge >= 0.3 is 0 Å². The lowest BCUT2D eigenvalue weighted by Gasteiger charge is -2.37. The molecule has 174 valence electrons. The van der Waals surface area contributed by atoms with Gasteiger partial charge in [0.1, 0.15) is 5.54 Å². The highest BCUT2D eigenvalue weighted by Gasteiger charge is 2.75. The lowest BCUT2D eigenvalue weighted by Crippen LogP contribution is -2.56. The summed E-state index contributed by atoms with van der Waals surface area (Å²) in [6, 6.07) is 11.5. The number of para-hydroxylation sites is 1. The van der Waals surface area contributed by atoms with Crippen LogP contribution in [0.5, 0.6) is 0 Å². The molecule has 2 aromatic carbocycles. The molecule has 0 aromatic heterocycles. The summed E-state index contributed by atoms with van der Waals surface area (Å²) >= 11 is 0. The molecule has 2 aromatic rings. The van der Waals surface area contributed by atoms with Gasteiger partial charge in [0.2, 0.25) is 11.8 Å². The molecule has 0 saturated carbocycles. The van der Waals surface area contributed by atoms with Crippen LogP contribution in [-0.2, 0) is 19.9 Å². The standard InChI is InChI=1S/C25H24N4O5/c1-3-26-18-8-5-4-7-16(18)25(24(26)32)21-20(19-9-6-12-27(19)25)22(30)28(23(21)31)17-11-10-15(29(33)34)13-14(17)2/h4-5,7-8,10-11,13,19-21H,3,6,9,12H2,1-2H3/t19-,20+,21+,25+/m1/s1. The van der Waals surface area contributed by atoms with Gasteiger partial charge in [0, 0.05) is 36.0 Å². The molecule has 4 aliphatic rings. The SMILES string of the molecule is CCN1C(=O)[C@]2(c3ccccc31)[C@@H]1C(=O)N(c3ccc([N+](=O)[O-])cc3C)C(=O)[C@H]1[C@H]1CCCN12. The summed E-state index contributed by atoms with van der Waals surface area (Å²) in [4.78, 5) is 57.8. The third-order valence-corrected chi connectivity index (χ3v) is 8.09. The van der Waals surface area contributed by atoms with Gasteiger partial charge in [-0.3, -0.25) is 29.4 Å². The van der Waals surface area contributed by atoms with Crippen molar-refractivity contribution >= 4 is 34.8 Å². The van der Waals surface area contributed by atoms with Crippen molar-refractivity contribution in [2.45, 2.75) is 38.3 Å². The van der Waals surface area contributed by atoms with E-state index in [4.69, 9.17) is 0 Å². The molecule has 9 heteroatoms. The summed E-state index contributed by atoms with van der Waals surface area (Å²) in [5, 5.41) is 11.2. The first-order valence-electron chi connectivity index (χ1n) is 11.6. The quantitative estimate of drug-likeness (QED) is 0.396. The molecule has 0 aliphatic carbocycles. The molecule has 1 spiro atoms. The van der Waals surface area contributed by atoms with Crippen LogP contribution >= 0.6 is 0 Å². The van der Waals surface area contributed by atoms with Crippen molar-refractivity contribution in [2.24, 2.45) is 11.8 Å². The van der Waals surface area contributed by atoms with Gasteiger partial charge in [-0.05, 0) is 50.9 Å². The smallest absolute Gasteiger partial charge is 0.269 e. The molecule has 3 saturated heterocycles. The van der Waals surface area contributed by atoms with E-state index in [-0.39, 0.29) is 23.5 Å². The van der Waals surface area contributed by atoms with Crippen LogP contribution in [-0.4, -0.2) is 46.7 Å². The number of non-ortho nitro benzene ring substituents is 1. The summed E-state index contributed by atoms with van der Waals surface area (Å²) < 4.78 is 0. The third kappa shape index (κ3) is 2.30. The van der Waals surface area contributed by atoms with Gasteiger partial charge in [0.05, 0.1) is 22.4 Å². The largest absolute Gasteiger partial charge is 0.310 e. The van der Waals surface area contributed by atoms with E-state index in [1.165, 1.54) is 23.1 Å². The van der Waals surface area contributed by atoms with Crippen LogP contribution in [0.3, 0.4) is 0 Å². The fourth-order valence-electron chi connectivity index (χ4n) is 6.90. The Morgan fingerprint density at radius 2 is 1.85 bits per heavy atom. The zero-order valence-electron chi connectivity index (χ0n) is 18.9. The molecule has 0 N–H and O–H groups in total. The number of carbonyl (C=O) groups excluding carboxylic acids is 3. The molecule has 0 radical (unpaired) electrons. The summed E-state index contributed by atoms with van der Waals surface area (Å²) in [6.45, 7) is 4.70. The van der Waals surface area contributed by atoms with Gasteiger partial charge in [-0.15, -0.1) is 0 Å². The minimum absolute atomic E-state index is 0.0996. The molecule has 9 nitrogen and oxygen atoms in total. The first kappa shape index (κ1) is 21.0. The number of rotatable bonds is 3. The molecule has 4 heterocycles. The molecule has 0 unspecified atom stereocenters. The predicted octanol–water partition coefficient (Wildman–Crippen LogP) is 2.75. The number of amides is 3. The first-order valence-corrected chi connectivity index (χ1v) is 11.6. The molecule has 4 aliphatic heterocycles. The third-order valence-electron chi connectivity index (χ3n) is 8.09. The number of hydrogen-bond donors (Lipinski definition) is 0. The number of imide groups is 1. The van der Waals surface area contributed by atoms with Crippen LogP contribution in [0.2, 0.25) is 0 Å². The molecular weight excluding hydrogens is 436 g/mol. The molecule has 34 heavy (non-hydrogen) atoms. The average molecular weight is 460 g/mol. The number of anilines is 2. The van der Waals surface area contributed by atoms with E-state index in [9.17, 15) is 24.5 Å². The Morgan fingerprint density at radius 1 is 1.09 bits per heavy atom. The molecule has 0 bridgehead atoms. The summed E-state index contributed by atoms with van der Waals surface area (Å²) in [5.74, 6) is -2.31. The first-order chi connectivity index (χ1) is 16.3. The maximum Gasteiger partial charge on any atom is 0.269 e. The van der Waals surface area contributed by atoms with Crippen LogP contribution in [0.4, 0.5) is 17.1 Å². The van der Waals surface area contributed by atoms with Crippen LogP contribution in [0.1, 0.15) is 30.9 Å². The lowest BCUT2D eigenvalue weighted by molar-refractivity contribution is -0.384. The Kier molecular flexibility index (Phi) is 4.29. The number of nitrogens with zero attached hydrogens (tertiary/aromatic N) is 4. The average Bonchev–Trinajstić information content (AvgIpc) is 3.52. The van der Waals surface area contributed by atoms with E-state index in [1.807, 2.05) is 31.2 Å². The number of likely N-dealkylation sites (N-methyl/N-ethyl adjacent to an activating group) is 1. The fourth-order valence-corrected chi connectivity index (χ4v) is 6.90. The minimum atomic E-state index is -1.20. The van der Waals surface area contributed by atoms with E-state index in [0.29, 0.717) is 24.3 Å². The van der Waals surface area contributed by atoms with Crippen LogP contribution in [0.25, 0.3) is 0 Å². The van der Waals surface area contributed by atoms with Crippen molar-refractivity contribution in [3.8, 4) is 0 Å². The number of fused-ring (bicyclic) bond motifs is 7. The highest BCUT2D eigenvalue weighted by atomic mass is 16.6. The maximum absolute atomic E-state index is 14.1. The number of carbonyl (C=O) groups is 3. The molecule has 3 fully saturated rings. The maximum atomic E-state index is 14.1. The zero-order chi connectivity index (χ0) is 23.9. The van der Waals surface area contributed by atoms with Crippen molar-refractivity contribution in [2.75, 3.05) is 22.9 Å². The predicted molar refractivity (Wildman–Crippen MR) is 123 cm³/mol. The number of hydrogen-bond acceptors (Lipinski definition) is 6. The van der Waals surface area contributed by atoms with Crippen LogP contribution in [0.15, 0.2) is 42.5 Å². The van der Waals surface area contributed by atoms with E-state index in [0.717, 1.165) is 24.1 Å². The van der Waals surface area contributed by atoms with Crippen molar-refractivity contribution in [3.05, 3.63) is 63.7 Å². The van der Waals surface area contributed by atoms with Crippen molar-refractivity contribution < 1.29 is 19.3 Å². The monoisotopic (exact) mass is 460 g/mol. The van der Waals surface area contributed by atoms with Gasteiger partial charge in [-0.2, -0.15) is 0 Å². The highest BCUT2D eigenvalue weighted by molar-refractivity contribution is 6.26. The van der Waals surface area contributed by atoms with Gasteiger partial charge in [-0.1, -0.05) is 18.2 Å². The minimum Gasteiger partial charge on any atom is -0.310 e. The normalized spacial score (nSPS) is 29.8. The van der Waals surface area contributed by atoms with Gasteiger partial charge < -0.3 is 4.90 Å². The Hall–Kier alpha value is -3.59. The number of nitro groups is 1. The molecule has 6 rings (SSSR count).